The highest BCUT2D eigenvalue weighted by Crippen LogP contribution is 2.02. The van der Waals surface area contributed by atoms with E-state index in [9.17, 15) is 4.79 Å². The van der Waals surface area contributed by atoms with Gasteiger partial charge in [-0.1, -0.05) is 0 Å². The van der Waals surface area contributed by atoms with E-state index < -0.39 is 0 Å². The number of carbonyl (C=O) groups is 1. The molecule has 0 unspecified atom stereocenters. The van der Waals surface area contributed by atoms with E-state index in [0.29, 0.717) is 11.6 Å². The molecule has 0 spiro atoms. The van der Waals surface area contributed by atoms with Crippen LogP contribution in [-0.4, -0.2) is 22.9 Å². The zero-order valence-corrected chi connectivity index (χ0v) is 5.96. The zero-order valence-electron chi connectivity index (χ0n) is 5.96. The van der Waals surface area contributed by atoms with Gasteiger partial charge in [-0.05, 0) is 0 Å². The molecule has 0 atom stereocenters. The van der Waals surface area contributed by atoms with Crippen LogP contribution in [0.15, 0.2) is 6.20 Å². The smallest absolute Gasteiger partial charge is 0.185 e. The fourth-order valence-corrected chi connectivity index (χ4v) is 0.711. The largest absolute Gasteiger partial charge is 0.372 e. The van der Waals surface area contributed by atoms with Crippen molar-refractivity contribution in [1.82, 2.24) is 9.55 Å². The Morgan fingerprint density at radius 1 is 1.80 bits per heavy atom. The molecule has 54 valence electrons. The molecule has 0 radical (unpaired) electrons. The summed E-state index contributed by atoms with van der Waals surface area (Å²) in [4.78, 5) is 14.2. The Morgan fingerprint density at radius 2 is 2.50 bits per heavy atom. The van der Waals surface area contributed by atoms with E-state index in [1.165, 1.54) is 0 Å². The Labute approximate surface area is 58.9 Å². The van der Waals surface area contributed by atoms with Crippen molar-refractivity contribution in [3.8, 4) is 0 Å². The predicted octanol–water partition coefficient (Wildman–Crippen LogP) is 0.274. The lowest BCUT2D eigenvalue weighted by Gasteiger charge is -1.86. The number of nitrogens with zero attached hydrogens (tertiary/aromatic N) is 2. The maximum atomic E-state index is 10.2. The first-order valence-electron chi connectivity index (χ1n) is 2.94. The van der Waals surface area contributed by atoms with Crippen LogP contribution >= 0.6 is 0 Å². The van der Waals surface area contributed by atoms with Gasteiger partial charge in [0.15, 0.2) is 12.1 Å². The highest BCUT2D eigenvalue weighted by molar-refractivity contribution is 5.70. The molecule has 0 fully saturated rings. The first-order valence-corrected chi connectivity index (χ1v) is 2.94. The summed E-state index contributed by atoms with van der Waals surface area (Å²) in [5.74, 6) is 1.15. The first-order chi connectivity index (χ1) is 4.77. The van der Waals surface area contributed by atoms with Crippen molar-refractivity contribution in [2.75, 3.05) is 12.4 Å². The maximum absolute atomic E-state index is 10.2. The van der Waals surface area contributed by atoms with Crippen LogP contribution in [0, 0.1) is 0 Å². The second-order valence-electron chi connectivity index (χ2n) is 1.96. The minimum Gasteiger partial charge on any atom is -0.372 e. The summed E-state index contributed by atoms with van der Waals surface area (Å²) in [5.41, 5.74) is 0. The molecule has 4 nitrogen and oxygen atoms in total. The van der Waals surface area contributed by atoms with E-state index in [2.05, 4.69) is 10.3 Å². The van der Waals surface area contributed by atoms with E-state index in [4.69, 9.17) is 0 Å². The molecule has 0 bridgehead atoms. The molecule has 1 heterocycles. The van der Waals surface area contributed by atoms with E-state index >= 15 is 0 Å². The number of aromatic nitrogens is 2. The molecule has 10 heavy (non-hydrogen) atoms. The summed E-state index contributed by atoms with van der Waals surface area (Å²) in [5, 5.41) is 2.83. The number of anilines is 1. The fraction of sp³-hybridized carbons (Fsp3) is 0.333. The summed E-state index contributed by atoms with van der Waals surface area (Å²) in [6.07, 6.45) is 2.48. The average molecular weight is 139 g/mol. The molecule has 1 aromatic heterocycles. The minimum atomic E-state index is 0.435. The van der Waals surface area contributed by atoms with Gasteiger partial charge < -0.3 is 9.88 Å². The summed E-state index contributed by atoms with van der Waals surface area (Å²) in [7, 11) is 3.54. The van der Waals surface area contributed by atoms with Gasteiger partial charge in [-0.25, -0.2) is 4.98 Å². The van der Waals surface area contributed by atoms with Crippen molar-refractivity contribution in [3.63, 3.8) is 0 Å². The quantitative estimate of drug-likeness (QED) is 0.598. The number of carbonyl (C=O) groups excluding carboxylic acids is 1. The summed E-state index contributed by atoms with van der Waals surface area (Å²) in [6.45, 7) is 0. The van der Waals surface area contributed by atoms with Gasteiger partial charge in [-0.15, -0.1) is 0 Å². The Hall–Kier alpha value is -1.32. The molecule has 1 rings (SSSR count). The molecule has 0 aliphatic rings. The van der Waals surface area contributed by atoms with Crippen molar-refractivity contribution in [1.29, 1.82) is 0 Å². The van der Waals surface area contributed by atoms with Crippen molar-refractivity contribution >= 4 is 12.1 Å². The van der Waals surface area contributed by atoms with Crippen LogP contribution in [0.1, 0.15) is 10.6 Å². The third-order valence-electron chi connectivity index (χ3n) is 1.27. The second kappa shape index (κ2) is 2.51. The van der Waals surface area contributed by atoms with Gasteiger partial charge in [0.2, 0.25) is 0 Å². The van der Waals surface area contributed by atoms with Gasteiger partial charge in [0.1, 0.15) is 5.82 Å². The molecule has 0 aliphatic carbocycles. The molecule has 0 amide bonds. The summed E-state index contributed by atoms with van der Waals surface area (Å²) < 4.78 is 1.67. The van der Waals surface area contributed by atoms with Crippen LogP contribution in [0.5, 0.6) is 0 Å². The number of hydrogen-bond donors (Lipinski definition) is 1. The lowest BCUT2D eigenvalue weighted by molar-refractivity contribution is 0.111. The number of aldehydes is 1. The molecule has 1 aromatic rings. The number of imidazole rings is 1. The SMILES string of the molecule is CNc1cn(C)c(C=O)n1. The fourth-order valence-electron chi connectivity index (χ4n) is 0.711. The summed E-state index contributed by atoms with van der Waals surface area (Å²) >= 11 is 0. The Kier molecular flexibility index (Phi) is 1.71. The highest BCUT2D eigenvalue weighted by atomic mass is 16.1. The molecule has 0 aromatic carbocycles. The van der Waals surface area contributed by atoms with Gasteiger partial charge in [0.25, 0.3) is 0 Å². The van der Waals surface area contributed by atoms with Crippen LogP contribution in [0.3, 0.4) is 0 Å². The predicted molar refractivity (Wildman–Crippen MR) is 38.1 cm³/mol. The van der Waals surface area contributed by atoms with Crippen LogP contribution in [0.4, 0.5) is 5.82 Å². The Balaban J connectivity index is 3.03. The third kappa shape index (κ3) is 1.00. The van der Waals surface area contributed by atoms with E-state index in [1.54, 1.807) is 24.9 Å². The zero-order chi connectivity index (χ0) is 7.56. The van der Waals surface area contributed by atoms with Gasteiger partial charge in [0, 0.05) is 20.3 Å². The molecular formula is C6H9N3O. The molecule has 4 heteroatoms. The number of rotatable bonds is 2. The normalized spacial score (nSPS) is 9.40. The van der Waals surface area contributed by atoms with Crippen LogP contribution in [0.2, 0.25) is 0 Å². The van der Waals surface area contributed by atoms with Gasteiger partial charge >= 0.3 is 0 Å². The van der Waals surface area contributed by atoms with Crippen LogP contribution in [0.25, 0.3) is 0 Å². The van der Waals surface area contributed by atoms with Crippen molar-refractivity contribution in [3.05, 3.63) is 12.0 Å². The third-order valence-corrected chi connectivity index (χ3v) is 1.27. The number of aryl methyl sites for hydroxylation is 1. The molecule has 1 N–H and O–H groups in total. The van der Waals surface area contributed by atoms with Crippen molar-refractivity contribution in [2.24, 2.45) is 7.05 Å². The standard InChI is InChI=1S/C6H9N3O/c1-7-5-3-9(2)6(4-10)8-5/h3-4,7H,1-2H3. The lowest BCUT2D eigenvalue weighted by Crippen LogP contribution is -1.93. The minimum absolute atomic E-state index is 0.435. The van der Waals surface area contributed by atoms with Crippen molar-refractivity contribution < 1.29 is 4.79 Å². The number of nitrogens with one attached hydrogen (secondary N) is 1. The van der Waals surface area contributed by atoms with E-state index in [0.717, 1.165) is 6.29 Å². The highest BCUT2D eigenvalue weighted by Gasteiger charge is 1.99. The Bertz CT molecular complexity index is 241. The van der Waals surface area contributed by atoms with Gasteiger partial charge in [-0.3, -0.25) is 4.79 Å². The maximum Gasteiger partial charge on any atom is 0.185 e. The Morgan fingerprint density at radius 3 is 2.80 bits per heavy atom. The molecule has 0 saturated carbocycles. The average Bonchev–Trinajstić information content (AvgIpc) is 2.30. The molecule has 0 saturated heterocycles. The topological polar surface area (TPSA) is 46.9 Å². The van der Waals surface area contributed by atoms with Crippen LogP contribution < -0.4 is 5.32 Å². The van der Waals surface area contributed by atoms with Gasteiger partial charge in [-0.2, -0.15) is 0 Å². The van der Waals surface area contributed by atoms with Crippen molar-refractivity contribution in [2.45, 2.75) is 0 Å². The van der Waals surface area contributed by atoms with Gasteiger partial charge in [0.05, 0.1) is 0 Å². The molecular weight excluding hydrogens is 130 g/mol. The van der Waals surface area contributed by atoms with E-state index in [-0.39, 0.29) is 0 Å². The lowest BCUT2D eigenvalue weighted by atomic mass is 10.7. The first kappa shape index (κ1) is 6.80. The number of hydrogen-bond acceptors (Lipinski definition) is 3. The van der Waals surface area contributed by atoms with E-state index in [1.807, 2.05) is 0 Å². The monoisotopic (exact) mass is 139 g/mol. The second-order valence-corrected chi connectivity index (χ2v) is 1.96. The summed E-state index contributed by atoms with van der Waals surface area (Å²) in [6, 6.07) is 0. The van der Waals surface area contributed by atoms with Crippen LogP contribution in [-0.2, 0) is 7.05 Å². The molecule has 0 aliphatic heterocycles.